The number of rotatable bonds is 5. The van der Waals surface area contributed by atoms with Crippen molar-refractivity contribution in [3.63, 3.8) is 0 Å². The largest absolute Gasteiger partial charge is 0.462 e. The zero-order chi connectivity index (χ0) is 15.4. The van der Waals surface area contributed by atoms with E-state index in [1.807, 2.05) is 19.1 Å². The molecule has 0 aliphatic heterocycles. The minimum atomic E-state index is -0.392. The molecule has 4 nitrogen and oxygen atoms in total. The number of hydrogen-bond acceptors (Lipinski definition) is 4. The standard InChI is InChI=1S/C16H18ClNO3/c1-3-20-16(19)13-9-14(21-15(13)8-10(2)18)11-4-6-12(17)7-5-11/h4-7,9-10H,3,8,18H2,1-2H3. The molecule has 1 unspecified atom stereocenters. The van der Waals surface area contributed by atoms with Crippen LogP contribution in [0.5, 0.6) is 0 Å². The summed E-state index contributed by atoms with van der Waals surface area (Å²) in [4.78, 5) is 12.0. The van der Waals surface area contributed by atoms with Crippen LogP contribution in [-0.4, -0.2) is 18.6 Å². The molecule has 21 heavy (non-hydrogen) atoms. The van der Waals surface area contributed by atoms with Crippen LogP contribution in [0.2, 0.25) is 5.02 Å². The van der Waals surface area contributed by atoms with Gasteiger partial charge in [-0.05, 0) is 44.2 Å². The van der Waals surface area contributed by atoms with Gasteiger partial charge in [-0.15, -0.1) is 0 Å². The van der Waals surface area contributed by atoms with Crippen LogP contribution in [0.15, 0.2) is 34.7 Å². The number of esters is 1. The van der Waals surface area contributed by atoms with E-state index in [0.29, 0.717) is 35.1 Å². The fourth-order valence-corrected chi connectivity index (χ4v) is 2.14. The summed E-state index contributed by atoms with van der Waals surface area (Å²) in [6, 6.07) is 8.81. The van der Waals surface area contributed by atoms with Crippen LogP contribution in [0.1, 0.15) is 30.0 Å². The Morgan fingerprint density at radius 2 is 2.05 bits per heavy atom. The SMILES string of the molecule is CCOC(=O)c1cc(-c2ccc(Cl)cc2)oc1CC(C)N. The lowest BCUT2D eigenvalue weighted by atomic mass is 10.1. The van der Waals surface area contributed by atoms with Crippen molar-refractivity contribution in [3.05, 3.63) is 46.7 Å². The molecule has 0 aliphatic carbocycles. The van der Waals surface area contributed by atoms with Gasteiger partial charge in [0.1, 0.15) is 17.1 Å². The first-order valence-corrected chi connectivity index (χ1v) is 7.20. The molecule has 0 amide bonds. The van der Waals surface area contributed by atoms with Crippen molar-refractivity contribution < 1.29 is 13.9 Å². The third kappa shape index (κ3) is 3.86. The lowest BCUT2D eigenvalue weighted by Gasteiger charge is -2.04. The van der Waals surface area contributed by atoms with Gasteiger partial charge >= 0.3 is 5.97 Å². The van der Waals surface area contributed by atoms with E-state index < -0.39 is 5.97 Å². The van der Waals surface area contributed by atoms with Gasteiger partial charge in [0, 0.05) is 23.0 Å². The Balaban J connectivity index is 2.39. The number of halogens is 1. The van der Waals surface area contributed by atoms with Crippen LogP contribution in [0, 0.1) is 0 Å². The highest BCUT2D eigenvalue weighted by Gasteiger charge is 2.20. The van der Waals surface area contributed by atoms with Crippen molar-refractivity contribution >= 4 is 17.6 Å². The molecule has 1 heterocycles. The van der Waals surface area contributed by atoms with Gasteiger partial charge in [-0.2, -0.15) is 0 Å². The first kappa shape index (κ1) is 15.6. The predicted octanol–water partition coefficient (Wildman–Crippen LogP) is 3.67. The molecule has 2 rings (SSSR count). The van der Waals surface area contributed by atoms with Crippen molar-refractivity contribution in [1.29, 1.82) is 0 Å². The molecule has 1 aromatic carbocycles. The maximum Gasteiger partial charge on any atom is 0.341 e. The summed E-state index contributed by atoms with van der Waals surface area (Å²) < 4.78 is 10.9. The Hall–Kier alpha value is -1.78. The normalized spacial score (nSPS) is 12.2. The molecule has 0 saturated heterocycles. The number of hydrogen-bond donors (Lipinski definition) is 1. The molecule has 0 fully saturated rings. The highest BCUT2D eigenvalue weighted by molar-refractivity contribution is 6.30. The quantitative estimate of drug-likeness (QED) is 0.856. The zero-order valence-electron chi connectivity index (χ0n) is 12.1. The molecular weight excluding hydrogens is 290 g/mol. The maximum absolute atomic E-state index is 12.0. The van der Waals surface area contributed by atoms with E-state index in [1.165, 1.54) is 0 Å². The third-order valence-electron chi connectivity index (χ3n) is 2.94. The third-order valence-corrected chi connectivity index (χ3v) is 3.19. The lowest BCUT2D eigenvalue weighted by Crippen LogP contribution is -2.19. The van der Waals surface area contributed by atoms with E-state index in [2.05, 4.69) is 0 Å². The van der Waals surface area contributed by atoms with Gasteiger partial charge in [-0.1, -0.05) is 11.6 Å². The van der Waals surface area contributed by atoms with Gasteiger partial charge in [0.15, 0.2) is 0 Å². The summed E-state index contributed by atoms with van der Waals surface area (Å²) in [5.74, 6) is 0.760. The molecule has 0 bridgehead atoms. The summed E-state index contributed by atoms with van der Waals surface area (Å²) >= 11 is 5.87. The molecular formula is C16H18ClNO3. The van der Waals surface area contributed by atoms with E-state index in [9.17, 15) is 4.79 Å². The molecule has 0 spiro atoms. The van der Waals surface area contributed by atoms with Crippen molar-refractivity contribution in [2.24, 2.45) is 5.73 Å². The van der Waals surface area contributed by atoms with Gasteiger partial charge in [0.25, 0.3) is 0 Å². The number of nitrogens with two attached hydrogens (primary N) is 1. The number of carbonyl (C=O) groups excluding carboxylic acids is 1. The number of ether oxygens (including phenoxy) is 1. The van der Waals surface area contributed by atoms with Crippen LogP contribution in [0.3, 0.4) is 0 Å². The summed E-state index contributed by atoms with van der Waals surface area (Å²) in [5, 5.41) is 0.645. The fourth-order valence-electron chi connectivity index (χ4n) is 2.01. The molecule has 2 aromatic rings. The number of benzene rings is 1. The second-order valence-corrected chi connectivity index (χ2v) is 5.29. The van der Waals surface area contributed by atoms with E-state index in [4.69, 9.17) is 26.5 Å². The number of furan rings is 1. The smallest absolute Gasteiger partial charge is 0.341 e. The van der Waals surface area contributed by atoms with Crippen LogP contribution in [0.25, 0.3) is 11.3 Å². The Morgan fingerprint density at radius 3 is 2.62 bits per heavy atom. The second-order valence-electron chi connectivity index (χ2n) is 4.86. The van der Waals surface area contributed by atoms with Gasteiger partial charge in [-0.3, -0.25) is 0 Å². The Labute approximate surface area is 128 Å². The van der Waals surface area contributed by atoms with E-state index >= 15 is 0 Å². The summed E-state index contributed by atoms with van der Waals surface area (Å²) in [6.07, 6.45) is 0.474. The second kappa shape index (κ2) is 6.78. The van der Waals surface area contributed by atoms with E-state index in [-0.39, 0.29) is 6.04 Å². The summed E-state index contributed by atoms with van der Waals surface area (Å²) in [6.45, 7) is 3.95. The highest BCUT2D eigenvalue weighted by Crippen LogP contribution is 2.28. The van der Waals surface area contributed by atoms with Gasteiger partial charge in [0.05, 0.1) is 6.61 Å². The Kier molecular flexibility index (Phi) is 5.04. The van der Waals surface area contributed by atoms with Gasteiger partial charge < -0.3 is 14.9 Å². The molecule has 1 aromatic heterocycles. The first-order chi connectivity index (χ1) is 10.0. The minimum absolute atomic E-state index is 0.109. The first-order valence-electron chi connectivity index (χ1n) is 6.82. The number of carbonyl (C=O) groups is 1. The van der Waals surface area contributed by atoms with Gasteiger partial charge in [-0.25, -0.2) is 4.79 Å². The lowest BCUT2D eigenvalue weighted by molar-refractivity contribution is 0.0523. The minimum Gasteiger partial charge on any atom is -0.462 e. The zero-order valence-corrected chi connectivity index (χ0v) is 12.8. The van der Waals surface area contributed by atoms with Crippen molar-refractivity contribution in [2.45, 2.75) is 26.3 Å². The van der Waals surface area contributed by atoms with Crippen molar-refractivity contribution in [3.8, 4) is 11.3 Å². The molecule has 0 aliphatic rings. The van der Waals surface area contributed by atoms with Crippen LogP contribution >= 0.6 is 11.6 Å². The molecule has 2 N–H and O–H groups in total. The summed E-state index contributed by atoms with van der Waals surface area (Å²) in [5.41, 5.74) is 7.08. The van der Waals surface area contributed by atoms with E-state index in [1.54, 1.807) is 25.1 Å². The Bertz CT molecular complexity index is 617. The van der Waals surface area contributed by atoms with Crippen LogP contribution < -0.4 is 5.73 Å². The van der Waals surface area contributed by atoms with Crippen LogP contribution in [-0.2, 0) is 11.2 Å². The fraction of sp³-hybridized carbons (Fsp3) is 0.312. The monoisotopic (exact) mass is 307 g/mol. The highest BCUT2D eigenvalue weighted by atomic mass is 35.5. The Morgan fingerprint density at radius 1 is 1.38 bits per heavy atom. The molecule has 112 valence electrons. The average molecular weight is 308 g/mol. The maximum atomic E-state index is 12.0. The van der Waals surface area contributed by atoms with Crippen LogP contribution in [0.4, 0.5) is 0 Å². The average Bonchev–Trinajstić information content (AvgIpc) is 2.83. The predicted molar refractivity (Wildman–Crippen MR) is 82.5 cm³/mol. The topological polar surface area (TPSA) is 65.5 Å². The van der Waals surface area contributed by atoms with E-state index in [0.717, 1.165) is 5.56 Å². The van der Waals surface area contributed by atoms with Gasteiger partial charge in [0.2, 0.25) is 0 Å². The molecule has 0 saturated carbocycles. The molecule has 1 atom stereocenters. The van der Waals surface area contributed by atoms with Crippen molar-refractivity contribution in [1.82, 2.24) is 0 Å². The summed E-state index contributed by atoms with van der Waals surface area (Å²) in [7, 11) is 0. The molecule has 0 radical (unpaired) electrons. The molecule has 5 heteroatoms. The van der Waals surface area contributed by atoms with Crippen molar-refractivity contribution in [2.75, 3.05) is 6.61 Å².